The molecule has 0 saturated heterocycles. The first-order valence-corrected chi connectivity index (χ1v) is 50.7. The van der Waals surface area contributed by atoms with Gasteiger partial charge in [-0.25, -0.2) is 4.98 Å². The summed E-state index contributed by atoms with van der Waals surface area (Å²) in [4.78, 5) is 22.0. The fourth-order valence-electron chi connectivity index (χ4n) is 21.2. The van der Waals surface area contributed by atoms with Gasteiger partial charge in [0.25, 0.3) is 0 Å². The Bertz CT molecular complexity index is 9390. The molecule has 0 atom stereocenters. The lowest BCUT2D eigenvalue weighted by atomic mass is 9.67. The minimum Gasteiger partial charge on any atom is -0.456 e. The van der Waals surface area contributed by atoms with Gasteiger partial charge in [-0.2, -0.15) is 9.97 Å². The standard InChI is InChI=1S/C50H35NO.C45H30N4S.C40H25NOS/c1-34-20-25-39(26-21-34)51(40-27-22-35(23-28-40)36-24-31-49-45(32-36)44-17-9-11-19-48(44)52-49)41-29-30-43-42-16-8-10-18-46(42)50(47(43)33-41,37-12-4-2-5-13-37)38-14-6-3-7-15-38;1-4-12-31(13-5-1)32-20-25-37(26-21-32)49(45-47-43(34-14-6-2-7-15-34)46-44(48-45)35-16-8-3-9-17-35)38-27-22-33(23-28-38)36-24-29-42-40(30-36)39-18-10-11-19-41(39)50-42;1-2-8-26(9-3-1)27-14-16-30(17-15-27)41(32-19-21-40-36(25-32)33-12-6-7-13-39(33)43-40)31-18-20-37-35(24-31)34-22-28-10-4-5-11-29(28)23-38(34)42-37/h2-33H,1H3;1-30H;1-25H. The van der Waals surface area contributed by atoms with Crippen LogP contribution in [-0.4, -0.2) is 15.0 Å². The summed E-state index contributed by atoms with van der Waals surface area (Å²) in [5, 5.41) is 12.1. The maximum Gasteiger partial charge on any atom is 0.238 e. The lowest BCUT2D eigenvalue weighted by molar-refractivity contribution is 0.669. The molecule has 5 aromatic heterocycles. The number of hydrogen-bond donors (Lipinski definition) is 0. The summed E-state index contributed by atoms with van der Waals surface area (Å²) in [6.07, 6.45) is 0. The predicted molar refractivity (Wildman–Crippen MR) is 609 cm³/mol. The molecule has 684 valence electrons. The highest BCUT2D eigenvalue weighted by Gasteiger charge is 2.46. The molecule has 0 aliphatic heterocycles. The van der Waals surface area contributed by atoms with E-state index in [-0.39, 0.29) is 0 Å². The van der Waals surface area contributed by atoms with Crippen LogP contribution in [-0.2, 0) is 5.41 Å². The lowest BCUT2D eigenvalue weighted by Gasteiger charge is -2.35. The van der Waals surface area contributed by atoms with E-state index in [2.05, 4.69) is 471 Å². The van der Waals surface area contributed by atoms with Crippen LogP contribution in [0.25, 0.3) is 173 Å². The molecule has 0 unspecified atom stereocenters. The van der Waals surface area contributed by atoms with E-state index in [1.54, 1.807) is 0 Å². The topological polar surface area (TPSA) is 74.7 Å². The van der Waals surface area contributed by atoms with Crippen LogP contribution in [0.1, 0.15) is 27.8 Å². The smallest absolute Gasteiger partial charge is 0.238 e. The van der Waals surface area contributed by atoms with E-state index < -0.39 is 5.41 Å². The Balaban J connectivity index is 0.000000111. The number of rotatable bonds is 17. The van der Waals surface area contributed by atoms with Gasteiger partial charge in [0.2, 0.25) is 5.95 Å². The zero-order chi connectivity index (χ0) is 96.3. The van der Waals surface area contributed by atoms with Crippen molar-refractivity contribution >= 4 is 169 Å². The highest BCUT2D eigenvalue weighted by Crippen LogP contribution is 2.58. The molecule has 0 amide bonds. The zero-order valence-electron chi connectivity index (χ0n) is 79.0. The Morgan fingerprint density at radius 2 is 0.531 bits per heavy atom. The molecule has 28 rings (SSSR count). The van der Waals surface area contributed by atoms with Crippen LogP contribution >= 0.6 is 22.7 Å². The van der Waals surface area contributed by atoms with Crippen LogP contribution in [0, 0.1) is 6.92 Å². The first-order chi connectivity index (χ1) is 71.7. The van der Waals surface area contributed by atoms with Gasteiger partial charge in [-0.15, -0.1) is 22.7 Å². The second-order valence-corrected chi connectivity index (χ2v) is 39.1. The molecule has 22 aromatic carbocycles. The number of para-hydroxylation sites is 1. The molecule has 0 spiro atoms. The summed E-state index contributed by atoms with van der Waals surface area (Å²) < 4.78 is 17.7. The number of anilines is 9. The van der Waals surface area contributed by atoms with Crippen LogP contribution in [0.2, 0.25) is 0 Å². The summed E-state index contributed by atoms with van der Waals surface area (Å²) in [6.45, 7) is 2.14. The molecule has 0 bridgehead atoms. The van der Waals surface area contributed by atoms with Gasteiger partial charge in [0.1, 0.15) is 22.3 Å². The Morgan fingerprint density at radius 1 is 0.200 bits per heavy atom. The van der Waals surface area contributed by atoms with Crippen molar-refractivity contribution in [3.8, 4) is 78.4 Å². The summed E-state index contributed by atoms with van der Waals surface area (Å²) in [7, 11) is 0. The second kappa shape index (κ2) is 37.3. The number of benzene rings is 22. The fourth-order valence-corrected chi connectivity index (χ4v) is 23.3. The number of fused-ring (bicyclic) bond motifs is 16. The molecule has 1 aliphatic carbocycles. The van der Waals surface area contributed by atoms with Gasteiger partial charge in [0, 0.05) is 119 Å². The third-order valence-corrected chi connectivity index (χ3v) is 30.5. The number of nitrogens with zero attached hydrogens (tertiary/aromatic N) is 6. The van der Waals surface area contributed by atoms with Crippen LogP contribution in [0.4, 0.5) is 51.4 Å². The molecular formula is C135H90N6O2S2. The van der Waals surface area contributed by atoms with E-state index in [9.17, 15) is 0 Å². The van der Waals surface area contributed by atoms with Crippen LogP contribution in [0.15, 0.2) is 537 Å². The van der Waals surface area contributed by atoms with Crippen molar-refractivity contribution in [2.24, 2.45) is 0 Å². The van der Waals surface area contributed by atoms with Gasteiger partial charge >= 0.3 is 0 Å². The summed E-state index contributed by atoms with van der Waals surface area (Å²) in [5.41, 5.74) is 31.9. The Morgan fingerprint density at radius 3 is 1.08 bits per heavy atom. The average Bonchev–Trinajstić information content (AvgIpc) is 1.53. The van der Waals surface area contributed by atoms with E-state index in [4.69, 9.17) is 23.8 Å². The van der Waals surface area contributed by atoms with E-state index in [0.29, 0.717) is 17.6 Å². The summed E-state index contributed by atoms with van der Waals surface area (Å²) >= 11 is 3.69. The molecule has 0 saturated carbocycles. The monoisotopic (exact) mass is 1890 g/mol. The molecule has 27 aromatic rings. The van der Waals surface area contributed by atoms with Crippen LogP contribution in [0.5, 0.6) is 0 Å². The van der Waals surface area contributed by atoms with Gasteiger partial charge in [0.05, 0.1) is 5.41 Å². The quantitative estimate of drug-likeness (QED) is 0.0893. The van der Waals surface area contributed by atoms with Crippen LogP contribution < -0.4 is 14.7 Å². The summed E-state index contributed by atoms with van der Waals surface area (Å²) in [5.74, 6) is 1.78. The predicted octanol–water partition coefficient (Wildman–Crippen LogP) is 38.0. The van der Waals surface area contributed by atoms with Gasteiger partial charge in [0.15, 0.2) is 11.6 Å². The molecule has 8 nitrogen and oxygen atoms in total. The average molecular weight is 1890 g/mol. The van der Waals surface area contributed by atoms with Gasteiger partial charge < -0.3 is 18.6 Å². The highest BCUT2D eigenvalue weighted by atomic mass is 32.1. The molecule has 1 aliphatic rings. The third kappa shape index (κ3) is 16.2. The molecule has 0 N–H and O–H groups in total. The van der Waals surface area contributed by atoms with Crippen molar-refractivity contribution < 1.29 is 8.83 Å². The van der Waals surface area contributed by atoms with Crippen molar-refractivity contribution in [3.05, 3.63) is 556 Å². The molecule has 10 heteroatoms. The largest absolute Gasteiger partial charge is 0.456 e. The lowest BCUT2D eigenvalue weighted by Crippen LogP contribution is -2.28. The Hall–Kier alpha value is -18.5. The van der Waals surface area contributed by atoms with Gasteiger partial charge in [-0.1, -0.05) is 370 Å². The molecule has 0 radical (unpaired) electrons. The highest BCUT2D eigenvalue weighted by molar-refractivity contribution is 7.26. The SMILES string of the molecule is Cc1ccc(N(c2ccc(-c3ccc4oc5ccccc5c4c3)cc2)c2ccc3c(c2)C(c2ccccc2)(c2ccccc2)c2ccccc2-3)cc1.c1ccc(-c2ccc(N(c3ccc(-c4ccc5sc6ccccc6c5c4)cc3)c3nc(-c4ccccc4)nc(-c4ccccc4)n3)cc2)cc1.c1ccc(-c2ccc(N(c3ccc4oc5cc6ccccc6cc5c4c3)c3ccc4sc5ccccc5c4c3)cc2)cc1. The minimum atomic E-state index is -0.469. The zero-order valence-corrected chi connectivity index (χ0v) is 80.7. The third-order valence-electron chi connectivity index (χ3n) is 28.2. The minimum absolute atomic E-state index is 0.469. The number of furan rings is 2. The summed E-state index contributed by atoms with van der Waals surface area (Å²) in [6, 6.07) is 188. The van der Waals surface area contributed by atoms with Crippen molar-refractivity contribution in [1.82, 2.24) is 15.0 Å². The number of aromatic nitrogens is 3. The first kappa shape index (κ1) is 86.9. The van der Waals surface area contributed by atoms with Crippen molar-refractivity contribution in [2.45, 2.75) is 12.3 Å². The number of hydrogen-bond acceptors (Lipinski definition) is 10. The number of thiophene rings is 2. The van der Waals surface area contributed by atoms with Crippen molar-refractivity contribution in [2.75, 3.05) is 14.7 Å². The number of aryl methyl sites for hydroxylation is 1. The normalized spacial score (nSPS) is 12.0. The Labute approximate surface area is 847 Å². The Kier molecular flexibility index (Phi) is 22.3. The van der Waals surface area contributed by atoms with Gasteiger partial charge in [-0.3, -0.25) is 4.90 Å². The molecular weight excluding hydrogens is 1800 g/mol. The van der Waals surface area contributed by atoms with E-state index >= 15 is 0 Å². The van der Waals surface area contributed by atoms with E-state index in [1.807, 2.05) is 102 Å². The van der Waals surface area contributed by atoms with E-state index in [1.165, 1.54) is 118 Å². The maximum atomic E-state index is 6.35. The molecule has 5 heterocycles. The van der Waals surface area contributed by atoms with Crippen LogP contribution in [0.3, 0.4) is 0 Å². The first-order valence-electron chi connectivity index (χ1n) is 49.0. The van der Waals surface area contributed by atoms with Gasteiger partial charge in [-0.05, 0) is 259 Å². The maximum absolute atomic E-state index is 6.35. The van der Waals surface area contributed by atoms with Crippen molar-refractivity contribution in [3.63, 3.8) is 0 Å². The fraction of sp³-hybridized carbons (Fsp3) is 0.0148. The molecule has 145 heavy (non-hydrogen) atoms. The van der Waals surface area contributed by atoms with Crippen molar-refractivity contribution in [1.29, 1.82) is 0 Å². The molecule has 0 fully saturated rings. The second-order valence-electron chi connectivity index (χ2n) is 36.9. The van der Waals surface area contributed by atoms with E-state index in [0.717, 1.165) is 117 Å².